The molecule has 1 fully saturated rings. The average Bonchev–Trinajstić information content (AvgIpc) is 2.47. The molecule has 5 heteroatoms. The van der Waals surface area contributed by atoms with Gasteiger partial charge in [0.25, 0.3) is 5.91 Å². The molecular weight excluding hydrogens is 240 g/mol. The number of carbonyl (C=O) groups is 1. The number of nitrogens with two attached hydrogens (primary N) is 1. The molecule has 1 aromatic heterocycles. The number of nitrogens with zero attached hydrogens (tertiary/aromatic N) is 2. The lowest BCUT2D eigenvalue weighted by atomic mass is 9.89. The van der Waals surface area contributed by atoms with Gasteiger partial charge in [-0.2, -0.15) is 0 Å². The minimum atomic E-state index is -0.0193. The lowest BCUT2D eigenvalue weighted by Crippen LogP contribution is -2.33. The first-order valence-corrected chi connectivity index (χ1v) is 6.89. The molecule has 5 nitrogen and oxygen atoms in total. The van der Waals surface area contributed by atoms with Crippen molar-refractivity contribution >= 4 is 11.6 Å². The lowest BCUT2D eigenvalue weighted by molar-refractivity contribution is 0.0755. The maximum Gasteiger partial charge on any atom is 0.272 e. The average molecular weight is 262 g/mol. The minimum absolute atomic E-state index is 0.0193. The van der Waals surface area contributed by atoms with Gasteiger partial charge in [0.05, 0.1) is 11.9 Å². The van der Waals surface area contributed by atoms with E-state index < -0.39 is 0 Å². The fourth-order valence-corrected chi connectivity index (χ4v) is 2.64. The van der Waals surface area contributed by atoms with Crippen LogP contribution in [0.2, 0.25) is 0 Å². The Hall–Kier alpha value is -1.62. The molecule has 1 saturated carbocycles. The van der Waals surface area contributed by atoms with E-state index >= 15 is 0 Å². The number of anilines is 1. The highest BCUT2D eigenvalue weighted by molar-refractivity contribution is 5.92. The molecule has 0 bridgehead atoms. The van der Waals surface area contributed by atoms with Gasteiger partial charge in [-0.1, -0.05) is 19.3 Å². The van der Waals surface area contributed by atoms with Gasteiger partial charge in [0, 0.05) is 13.6 Å². The lowest BCUT2D eigenvalue weighted by Gasteiger charge is -2.26. The van der Waals surface area contributed by atoms with Gasteiger partial charge in [-0.15, -0.1) is 0 Å². The summed E-state index contributed by atoms with van der Waals surface area (Å²) in [7, 11) is 1.85. The van der Waals surface area contributed by atoms with Crippen LogP contribution in [0.15, 0.2) is 18.3 Å². The second kappa shape index (κ2) is 6.52. The van der Waals surface area contributed by atoms with Crippen molar-refractivity contribution in [3.05, 3.63) is 24.0 Å². The van der Waals surface area contributed by atoms with E-state index in [-0.39, 0.29) is 5.91 Å². The van der Waals surface area contributed by atoms with Crippen LogP contribution in [-0.4, -0.2) is 29.4 Å². The highest BCUT2D eigenvalue weighted by atomic mass is 16.2. The van der Waals surface area contributed by atoms with Gasteiger partial charge in [-0.3, -0.25) is 10.6 Å². The predicted molar refractivity (Wildman–Crippen MR) is 75.6 cm³/mol. The smallest absolute Gasteiger partial charge is 0.272 e. The van der Waals surface area contributed by atoms with E-state index in [2.05, 4.69) is 10.4 Å². The molecule has 0 aromatic carbocycles. The zero-order valence-electron chi connectivity index (χ0n) is 11.4. The standard InChI is InChI=1S/C14H22N4O/c1-18(10-11-5-3-2-4-6-11)14(19)13-8-7-12(17-15)9-16-13/h7-9,11,17H,2-6,10,15H2,1H3. The molecule has 0 spiro atoms. The summed E-state index contributed by atoms with van der Waals surface area (Å²) in [6.07, 6.45) is 7.97. The Bertz CT molecular complexity index is 412. The molecule has 2 rings (SSSR count). The molecule has 104 valence electrons. The van der Waals surface area contributed by atoms with Crippen molar-refractivity contribution in [3.63, 3.8) is 0 Å². The number of carbonyl (C=O) groups excluding carboxylic acids is 1. The van der Waals surface area contributed by atoms with Crippen molar-refractivity contribution in [1.29, 1.82) is 0 Å². The van der Waals surface area contributed by atoms with E-state index in [1.165, 1.54) is 32.1 Å². The van der Waals surface area contributed by atoms with Crippen LogP contribution >= 0.6 is 0 Å². The molecule has 19 heavy (non-hydrogen) atoms. The predicted octanol–water partition coefficient (Wildman–Crippen LogP) is 2.02. The topological polar surface area (TPSA) is 71.2 Å². The third kappa shape index (κ3) is 3.67. The van der Waals surface area contributed by atoms with Crippen molar-refractivity contribution < 1.29 is 4.79 Å². The third-order valence-electron chi connectivity index (χ3n) is 3.75. The summed E-state index contributed by atoms with van der Waals surface area (Å²) in [6.45, 7) is 0.831. The van der Waals surface area contributed by atoms with Crippen LogP contribution in [-0.2, 0) is 0 Å². The van der Waals surface area contributed by atoms with Crippen LogP contribution in [0, 0.1) is 5.92 Å². The Labute approximate surface area is 114 Å². The molecule has 1 amide bonds. The zero-order chi connectivity index (χ0) is 13.7. The normalized spacial score (nSPS) is 16.1. The Kier molecular flexibility index (Phi) is 4.74. The van der Waals surface area contributed by atoms with E-state index in [0.717, 1.165) is 6.54 Å². The fourth-order valence-electron chi connectivity index (χ4n) is 2.64. The zero-order valence-corrected chi connectivity index (χ0v) is 11.4. The van der Waals surface area contributed by atoms with Crippen molar-refractivity contribution in [2.45, 2.75) is 32.1 Å². The van der Waals surface area contributed by atoms with Gasteiger partial charge >= 0.3 is 0 Å². The SMILES string of the molecule is CN(CC1CCCCC1)C(=O)c1ccc(NN)cn1. The molecule has 3 N–H and O–H groups in total. The summed E-state index contributed by atoms with van der Waals surface area (Å²) >= 11 is 0. The van der Waals surface area contributed by atoms with Gasteiger partial charge in [-0.25, -0.2) is 4.98 Å². The van der Waals surface area contributed by atoms with E-state index in [9.17, 15) is 4.79 Å². The number of nitrogens with one attached hydrogen (secondary N) is 1. The Balaban J connectivity index is 1.93. The van der Waals surface area contributed by atoms with Crippen LogP contribution in [0.3, 0.4) is 0 Å². The molecule has 0 atom stereocenters. The summed E-state index contributed by atoms with van der Waals surface area (Å²) in [5, 5.41) is 0. The van der Waals surface area contributed by atoms with Crippen LogP contribution in [0.25, 0.3) is 0 Å². The molecule has 1 aliphatic carbocycles. The maximum atomic E-state index is 12.2. The molecular formula is C14H22N4O. The first-order chi connectivity index (χ1) is 9.20. The number of amides is 1. The van der Waals surface area contributed by atoms with Crippen molar-refractivity contribution in [2.24, 2.45) is 11.8 Å². The van der Waals surface area contributed by atoms with Crippen LogP contribution in [0.4, 0.5) is 5.69 Å². The second-order valence-corrected chi connectivity index (χ2v) is 5.27. The molecule has 1 aromatic rings. The van der Waals surface area contributed by atoms with E-state index in [0.29, 0.717) is 17.3 Å². The van der Waals surface area contributed by atoms with Gasteiger partial charge in [0.15, 0.2) is 0 Å². The van der Waals surface area contributed by atoms with Crippen molar-refractivity contribution in [3.8, 4) is 0 Å². The highest BCUT2D eigenvalue weighted by Gasteiger charge is 2.19. The molecule has 0 aliphatic heterocycles. The van der Waals surface area contributed by atoms with E-state index in [4.69, 9.17) is 5.84 Å². The number of hydrazine groups is 1. The first-order valence-electron chi connectivity index (χ1n) is 6.89. The van der Waals surface area contributed by atoms with Crippen molar-refractivity contribution in [2.75, 3.05) is 19.0 Å². The van der Waals surface area contributed by atoms with Crippen LogP contribution in [0.1, 0.15) is 42.6 Å². The summed E-state index contributed by atoms with van der Waals surface area (Å²) in [4.78, 5) is 18.1. The van der Waals surface area contributed by atoms with Crippen LogP contribution < -0.4 is 11.3 Å². The second-order valence-electron chi connectivity index (χ2n) is 5.27. The third-order valence-corrected chi connectivity index (χ3v) is 3.75. The molecule has 1 heterocycles. The number of rotatable bonds is 4. The Morgan fingerprint density at radius 2 is 2.16 bits per heavy atom. The van der Waals surface area contributed by atoms with Gasteiger partial charge < -0.3 is 10.3 Å². The summed E-state index contributed by atoms with van der Waals surface area (Å²) < 4.78 is 0. The summed E-state index contributed by atoms with van der Waals surface area (Å²) in [5.74, 6) is 5.90. The summed E-state index contributed by atoms with van der Waals surface area (Å²) in [5.41, 5.74) is 3.67. The minimum Gasteiger partial charge on any atom is -0.340 e. The van der Waals surface area contributed by atoms with E-state index in [1.807, 2.05) is 7.05 Å². The first kappa shape index (κ1) is 13.8. The Morgan fingerprint density at radius 3 is 2.74 bits per heavy atom. The van der Waals surface area contributed by atoms with Gasteiger partial charge in [0.2, 0.25) is 0 Å². The van der Waals surface area contributed by atoms with E-state index in [1.54, 1.807) is 23.2 Å². The maximum absolute atomic E-state index is 12.2. The van der Waals surface area contributed by atoms with Gasteiger partial charge in [0.1, 0.15) is 5.69 Å². The van der Waals surface area contributed by atoms with Crippen molar-refractivity contribution in [1.82, 2.24) is 9.88 Å². The van der Waals surface area contributed by atoms with Gasteiger partial charge in [-0.05, 0) is 30.9 Å². The quantitative estimate of drug-likeness (QED) is 0.643. The Morgan fingerprint density at radius 1 is 1.42 bits per heavy atom. The number of aromatic nitrogens is 1. The number of pyridine rings is 1. The number of hydrogen-bond donors (Lipinski definition) is 2. The fraction of sp³-hybridized carbons (Fsp3) is 0.571. The summed E-state index contributed by atoms with van der Waals surface area (Å²) in [6, 6.07) is 3.46. The largest absolute Gasteiger partial charge is 0.340 e. The molecule has 0 saturated heterocycles. The molecule has 0 radical (unpaired) electrons. The number of hydrogen-bond acceptors (Lipinski definition) is 4. The number of nitrogen functional groups attached to an aromatic ring is 1. The highest BCUT2D eigenvalue weighted by Crippen LogP contribution is 2.24. The monoisotopic (exact) mass is 262 g/mol. The molecule has 0 unspecified atom stereocenters. The molecule has 1 aliphatic rings. The van der Waals surface area contributed by atoms with Crippen LogP contribution in [0.5, 0.6) is 0 Å².